The molecular weight excluding hydrogens is 362 g/mol. The summed E-state index contributed by atoms with van der Waals surface area (Å²) in [5, 5.41) is 3.10. The van der Waals surface area contributed by atoms with E-state index in [4.69, 9.17) is 16.3 Å². The Morgan fingerprint density at radius 1 is 0.778 bits per heavy atom. The van der Waals surface area contributed by atoms with Gasteiger partial charge in [-0.3, -0.25) is 4.79 Å². The van der Waals surface area contributed by atoms with Crippen LogP contribution in [0.3, 0.4) is 0 Å². The van der Waals surface area contributed by atoms with E-state index in [2.05, 4.69) is 5.32 Å². The van der Waals surface area contributed by atoms with Crippen LogP contribution < -0.4 is 5.32 Å². The fourth-order valence-electron chi connectivity index (χ4n) is 2.36. The lowest BCUT2D eigenvalue weighted by molar-refractivity contribution is -0.111. The van der Waals surface area contributed by atoms with Crippen molar-refractivity contribution in [3.05, 3.63) is 107 Å². The van der Waals surface area contributed by atoms with E-state index in [9.17, 15) is 9.59 Å². The summed E-state index contributed by atoms with van der Waals surface area (Å²) in [4.78, 5) is 24.8. The molecule has 0 aliphatic carbocycles. The molecule has 0 bridgehead atoms. The van der Waals surface area contributed by atoms with Crippen molar-refractivity contribution < 1.29 is 14.3 Å². The van der Waals surface area contributed by atoms with Gasteiger partial charge >= 0.3 is 5.97 Å². The van der Waals surface area contributed by atoms with Crippen LogP contribution in [-0.4, -0.2) is 11.9 Å². The van der Waals surface area contributed by atoms with Crippen molar-refractivity contribution in [1.82, 2.24) is 0 Å². The number of hydrogen-bond acceptors (Lipinski definition) is 3. The number of carbonyl (C=O) groups excluding carboxylic acids is 2. The maximum atomic E-state index is 12.4. The summed E-state index contributed by atoms with van der Waals surface area (Å²) >= 11 is 6.07. The number of amides is 1. The molecule has 0 saturated heterocycles. The Bertz CT molecular complexity index is 969. The molecule has 1 amide bonds. The van der Waals surface area contributed by atoms with Gasteiger partial charge in [0.05, 0.1) is 16.3 Å². The number of anilines is 1. The average Bonchev–Trinajstić information content (AvgIpc) is 2.70. The number of esters is 1. The predicted molar refractivity (Wildman–Crippen MR) is 106 cm³/mol. The number of para-hydroxylation sites is 1. The molecule has 0 aliphatic heterocycles. The molecule has 0 aromatic heterocycles. The summed E-state index contributed by atoms with van der Waals surface area (Å²) in [5.41, 5.74) is 1.48. The number of hydrogen-bond donors (Lipinski definition) is 1. The van der Waals surface area contributed by atoms with E-state index in [1.54, 1.807) is 72.8 Å². The Balaban J connectivity index is 1.86. The molecule has 0 atom stereocenters. The van der Waals surface area contributed by atoms with Crippen LogP contribution in [0.2, 0.25) is 5.02 Å². The zero-order valence-corrected chi connectivity index (χ0v) is 15.0. The Hall–Kier alpha value is -3.37. The van der Waals surface area contributed by atoms with E-state index in [0.29, 0.717) is 21.8 Å². The molecule has 3 aromatic carbocycles. The standard InChI is InChI=1S/C22H16ClNO3/c23-18-13-7-8-14-19(18)24-21(25)15-20(16-9-3-1-4-10-16)27-22(26)17-11-5-2-6-12-17/h1-15H,(H,24,25). The van der Waals surface area contributed by atoms with Crippen molar-refractivity contribution in [3.63, 3.8) is 0 Å². The SMILES string of the molecule is O=C(C=C(OC(=O)c1ccccc1)c1ccccc1)Nc1ccccc1Cl. The van der Waals surface area contributed by atoms with Crippen molar-refractivity contribution >= 4 is 34.9 Å². The molecule has 0 unspecified atom stereocenters. The molecule has 3 rings (SSSR count). The van der Waals surface area contributed by atoms with Gasteiger partial charge in [0.2, 0.25) is 0 Å². The summed E-state index contributed by atoms with van der Waals surface area (Å²) in [6, 6.07) is 24.4. The second-order valence-electron chi connectivity index (χ2n) is 5.60. The van der Waals surface area contributed by atoms with Gasteiger partial charge in [-0.2, -0.15) is 0 Å². The van der Waals surface area contributed by atoms with E-state index in [1.165, 1.54) is 6.08 Å². The number of nitrogens with one attached hydrogen (secondary N) is 1. The minimum absolute atomic E-state index is 0.147. The van der Waals surface area contributed by atoms with E-state index in [-0.39, 0.29) is 5.76 Å². The first-order chi connectivity index (χ1) is 13.1. The molecule has 1 N–H and O–H groups in total. The maximum Gasteiger partial charge on any atom is 0.343 e. The molecule has 27 heavy (non-hydrogen) atoms. The molecule has 3 aromatic rings. The highest BCUT2D eigenvalue weighted by molar-refractivity contribution is 6.33. The van der Waals surface area contributed by atoms with Gasteiger partial charge in [0.25, 0.3) is 5.91 Å². The molecule has 4 nitrogen and oxygen atoms in total. The first-order valence-electron chi connectivity index (χ1n) is 8.23. The Morgan fingerprint density at radius 3 is 1.96 bits per heavy atom. The van der Waals surface area contributed by atoms with Crippen LogP contribution in [0.1, 0.15) is 15.9 Å². The Morgan fingerprint density at radius 2 is 1.33 bits per heavy atom. The third kappa shape index (κ3) is 5.06. The van der Waals surface area contributed by atoms with Crippen molar-refractivity contribution in [2.75, 3.05) is 5.32 Å². The van der Waals surface area contributed by atoms with Crippen LogP contribution in [0.15, 0.2) is 91.0 Å². The van der Waals surface area contributed by atoms with Crippen molar-refractivity contribution in [2.24, 2.45) is 0 Å². The number of rotatable bonds is 5. The van der Waals surface area contributed by atoms with Crippen LogP contribution in [-0.2, 0) is 9.53 Å². The van der Waals surface area contributed by atoms with Crippen LogP contribution in [0.4, 0.5) is 5.69 Å². The summed E-state index contributed by atoms with van der Waals surface area (Å²) in [7, 11) is 0. The number of halogens is 1. The molecule has 5 heteroatoms. The van der Waals surface area contributed by atoms with E-state index < -0.39 is 11.9 Å². The fraction of sp³-hybridized carbons (Fsp3) is 0. The highest BCUT2D eigenvalue weighted by Gasteiger charge is 2.14. The third-order valence-electron chi connectivity index (χ3n) is 3.66. The lowest BCUT2D eigenvalue weighted by Crippen LogP contribution is -2.11. The van der Waals surface area contributed by atoms with Gasteiger partial charge in [0.15, 0.2) is 0 Å². The van der Waals surface area contributed by atoms with Gasteiger partial charge in [0, 0.05) is 11.6 Å². The van der Waals surface area contributed by atoms with Gasteiger partial charge in [-0.15, -0.1) is 0 Å². The highest BCUT2D eigenvalue weighted by Crippen LogP contribution is 2.22. The van der Waals surface area contributed by atoms with Gasteiger partial charge < -0.3 is 10.1 Å². The molecule has 0 aliphatic rings. The smallest absolute Gasteiger partial charge is 0.343 e. The first-order valence-corrected chi connectivity index (χ1v) is 8.61. The maximum absolute atomic E-state index is 12.4. The number of carbonyl (C=O) groups is 2. The zero-order chi connectivity index (χ0) is 19.1. The minimum atomic E-state index is -0.545. The van der Waals surface area contributed by atoms with Crippen molar-refractivity contribution in [2.45, 2.75) is 0 Å². The molecule has 0 fully saturated rings. The topological polar surface area (TPSA) is 55.4 Å². The van der Waals surface area contributed by atoms with E-state index >= 15 is 0 Å². The largest absolute Gasteiger partial charge is 0.422 e. The predicted octanol–water partition coefficient (Wildman–Crippen LogP) is 5.18. The molecule has 0 saturated carbocycles. The van der Waals surface area contributed by atoms with Crippen molar-refractivity contribution in [3.8, 4) is 0 Å². The zero-order valence-electron chi connectivity index (χ0n) is 14.3. The Kier molecular flexibility index (Phi) is 6.02. The monoisotopic (exact) mass is 377 g/mol. The second kappa shape index (κ2) is 8.83. The van der Waals surface area contributed by atoms with Crippen LogP contribution >= 0.6 is 11.6 Å². The summed E-state index contributed by atoms with van der Waals surface area (Å²) in [6.45, 7) is 0. The molecule has 134 valence electrons. The minimum Gasteiger partial charge on any atom is -0.422 e. The summed E-state index contributed by atoms with van der Waals surface area (Å²) in [6.07, 6.45) is 1.24. The summed E-state index contributed by atoms with van der Waals surface area (Å²) in [5.74, 6) is -0.854. The van der Waals surface area contributed by atoms with Crippen LogP contribution in [0.5, 0.6) is 0 Å². The fourth-order valence-corrected chi connectivity index (χ4v) is 2.54. The second-order valence-corrected chi connectivity index (χ2v) is 6.01. The lowest BCUT2D eigenvalue weighted by Gasteiger charge is -2.10. The number of ether oxygens (including phenoxy) is 1. The lowest BCUT2D eigenvalue weighted by atomic mass is 10.1. The number of benzene rings is 3. The van der Waals surface area contributed by atoms with Crippen LogP contribution in [0, 0.1) is 0 Å². The van der Waals surface area contributed by atoms with Crippen LogP contribution in [0.25, 0.3) is 5.76 Å². The third-order valence-corrected chi connectivity index (χ3v) is 3.99. The quantitative estimate of drug-likeness (QED) is 0.379. The average molecular weight is 378 g/mol. The molecule has 0 heterocycles. The highest BCUT2D eigenvalue weighted by atomic mass is 35.5. The Labute approximate surface area is 162 Å². The molecular formula is C22H16ClNO3. The van der Waals surface area contributed by atoms with Crippen molar-refractivity contribution in [1.29, 1.82) is 0 Å². The normalized spacial score (nSPS) is 10.9. The molecule has 0 radical (unpaired) electrons. The van der Waals surface area contributed by atoms with E-state index in [1.807, 2.05) is 12.1 Å². The summed E-state index contributed by atoms with van der Waals surface area (Å²) < 4.78 is 5.49. The first kappa shape index (κ1) is 18.4. The van der Waals surface area contributed by atoms with Gasteiger partial charge in [-0.25, -0.2) is 4.79 Å². The van der Waals surface area contributed by atoms with Gasteiger partial charge in [0.1, 0.15) is 5.76 Å². The van der Waals surface area contributed by atoms with E-state index in [0.717, 1.165) is 0 Å². The molecule has 0 spiro atoms. The van der Waals surface area contributed by atoms with Gasteiger partial charge in [-0.1, -0.05) is 72.3 Å². The van der Waals surface area contributed by atoms with Gasteiger partial charge in [-0.05, 0) is 24.3 Å².